The molecule has 0 amide bonds. The minimum absolute atomic E-state index is 0.0301. The number of methoxy groups -OCH3 is 1. The number of rotatable bonds is 9. The van der Waals surface area contributed by atoms with Crippen molar-refractivity contribution in [2.24, 2.45) is 0 Å². The average Bonchev–Trinajstić information content (AvgIpc) is 3.72. The molecule has 3 N–H and O–H groups in total. The molecule has 280 valence electrons. The van der Waals surface area contributed by atoms with Crippen molar-refractivity contribution in [2.45, 2.75) is 71.3 Å². The summed E-state index contributed by atoms with van der Waals surface area (Å²) in [5.74, 6) is -7.88. The Morgan fingerprint density at radius 2 is 1.37 bits per heavy atom. The second kappa shape index (κ2) is 14.4. The number of nitrogens with two attached hydrogens (primary N) is 1. The van der Waals surface area contributed by atoms with Gasteiger partial charge >= 0.3 is 11.7 Å². The van der Waals surface area contributed by atoms with E-state index in [1.54, 1.807) is 16.8 Å². The lowest BCUT2D eigenvalue weighted by Crippen LogP contribution is -2.37. The van der Waals surface area contributed by atoms with Gasteiger partial charge in [-0.1, -0.05) is 0 Å². The molecule has 0 aliphatic carbocycles. The van der Waals surface area contributed by atoms with E-state index in [9.17, 15) is 40.4 Å². The number of nitrogen functional groups attached to an aromatic ring is 1. The molecule has 52 heavy (non-hydrogen) atoms. The molecule has 0 radical (unpaired) electrons. The minimum Gasteiger partial charge on any atom is -0.465 e. The van der Waals surface area contributed by atoms with Gasteiger partial charge in [0.2, 0.25) is 0 Å². The van der Waals surface area contributed by atoms with E-state index < -0.39 is 44.8 Å². The summed E-state index contributed by atoms with van der Waals surface area (Å²) >= 11 is 0. The maximum atomic E-state index is 14.4. The van der Waals surface area contributed by atoms with E-state index in [0.717, 1.165) is 32.2 Å². The first kappa shape index (κ1) is 39.5. The standard InChI is InChI=1S/C18H20F2N4O4S.C16H19F2N3O2/c1-10(2)24-15(5-6-21-24)11-7-12-14(8-13(11)18(3,19)20)22-17(26)23(16(12)25)9-29(4,27)28;1-9(2)21-14(5-6-20-21)10-7-11(15(22)23-4)13(19)8-12(10)16(3,17)18/h5-8,10H,9H2,1-4H3,(H,22,26);5-9H,19H2,1-4H3. The fourth-order valence-electron chi connectivity index (χ4n) is 5.58. The van der Waals surface area contributed by atoms with Gasteiger partial charge in [-0.25, -0.2) is 40.1 Å². The van der Waals surface area contributed by atoms with Crippen LogP contribution in [-0.2, 0) is 32.3 Å². The Hall–Kier alpha value is -5.26. The summed E-state index contributed by atoms with van der Waals surface area (Å²) in [5, 5.41) is 8.23. The molecule has 3 aromatic heterocycles. The van der Waals surface area contributed by atoms with Crippen LogP contribution in [0.25, 0.3) is 33.4 Å². The smallest absolute Gasteiger partial charge is 0.339 e. The van der Waals surface area contributed by atoms with E-state index >= 15 is 0 Å². The number of carbonyl (C=O) groups excluding carboxylic acids is 1. The van der Waals surface area contributed by atoms with Gasteiger partial charge in [0, 0.05) is 72.5 Å². The monoisotopic (exact) mass is 749 g/mol. The molecule has 2 aromatic carbocycles. The van der Waals surface area contributed by atoms with Crippen molar-refractivity contribution < 1.29 is 35.5 Å². The molecule has 5 rings (SSSR count). The van der Waals surface area contributed by atoms with Crippen molar-refractivity contribution in [1.82, 2.24) is 29.1 Å². The molecule has 0 aliphatic heterocycles. The number of halogens is 4. The molecule has 0 unspecified atom stereocenters. The lowest BCUT2D eigenvalue weighted by molar-refractivity contribution is 0.0174. The van der Waals surface area contributed by atoms with Crippen molar-refractivity contribution in [3.8, 4) is 22.5 Å². The predicted molar refractivity (Wildman–Crippen MR) is 188 cm³/mol. The number of carbonyl (C=O) groups is 1. The number of esters is 1. The number of nitrogens with one attached hydrogen (secondary N) is 1. The molecular formula is C34H39F4N7O6S. The number of nitrogens with zero attached hydrogens (tertiary/aromatic N) is 5. The van der Waals surface area contributed by atoms with Crippen LogP contribution in [0.3, 0.4) is 0 Å². The molecular weight excluding hydrogens is 710 g/mol. The zero-order valence-corrected chi connectivity index (χ0v) is 30.5. The number of H-pyrrole nitrogens is 1. The highest BCUT2D eigenvalue weighted by atomic mass is 32.2. The van der Waals surface area contributed by atoms with E-state index in [4.69, 9.17) is 5.73 Å². The third-order valence-electron chi connectivity index (χ3n) is 7.90. The first-order valence-electron chi connectivity index (χ1n) is 15.8. The average molecular weight is 750 g/mol. The molecule has 13 nitrogen and oxygen atoms in total. The van der Waals surface area contributed by atoms with Gasteiger partial charge in [0.05, 0.1) is 35.0 Å². The highest BCUT2D eigenvalue weighted by Gasteiger charge is 2.32. The summed E-state index contributed by atoms with van der Waals surface area (Å²) in [6, 6.07) is 7.77. The lowest BCUT2D eigenvalue weighted by atomic mass is 9.95. The van der Waals surface area contributed by atoms with Gasteiger partial charge in [0.15, 0.2) is 9.84 Å². The van der Waals surface area contributed by atoms with Crippen LogP contribution in [0, 0.1) is 0 Å². The van der Waals surface area contributed by atoms with Gasteiger partial charge in [-0.05, 0) is 64.1 Å². The molecule has 18 heteroatoms. The summed E-state index contributed by atoms with van der Waals surface area (Å²) in [6.45, 7) is 8.95. The van der Waals surface area contributed by atoms with Crippen LogP contribution < -0.4 is 17.0 Å². The molecule has 0 saturated carbocycles. The maximum Gasteiger partial charge on any atom is 0.339 e. The third-order valence-corrected chi connectivity index (χ3v) is 8.62. The third kappa shape index (κ3) is 8.27. The van der Waals surface area contributed by atoms with Crippen LogP contribution in [0.15, 0.2) is 58.4 Å². The number of fused-ring (bicyclic) bond motifs is 1. The number of aromatic nitrogens is 6. The van der Waals surface area contributed by atoms with Gasteiger partial charge in [-0.15, -0.1) is 0 Å². The first-order chi connectivity index (χ1) is 24.0. The minimum atomic E-state index is -3.68. The van der Waals surface area contributed by atoms with Crippen LogP contribution in [0.1, 0.15) is 75.1 Å². The Morgan fingerprint density at radius 3 is 1.81 bits per heavy atom. The van der Waals surface area contributed by atoms with E-state index in [-0.39, 0.29) is 56.5 Å². The van der Waals surface area contributed by atoms with Gasteiger partial charge in [-0.3, -0.25) is 14.2 Å². The van der Waals surface area contributed by atoms with Crippen LogP contribution >= 0.6 is 0 Å². The second-order valence-electron chi connectivity index (χ2n) is 12.9. The molecule has 0 bridgehead atoms. The molecule has 0 saturated heterocycles. The maximum absolute atomic E-state index is 14.4. The van der Waals surface area contributed by atoms with Gasteiger partial charge < -0.3 is 15.5 Å². The largest absolute Gasteiger partial charge is 0.465 e. The van der Waals surface area contributed by atoms with Gasteiger partial charge in [0.25, 0.3) is 17.4 Å². The van der Waals surface area contributed by atoms with Crippen LogP contribution in [0.4, 0.5) is 23.2 Å². The van der Waals surface area contributed by atoms with Crippen molar-refractivity contribution in [2.75, 3.05) is 19.1 Å². The first-order valence-corrected chi connectivity index (χ1v) is 17.9. The zero-order chi connectivity index (χ0) is 39.1. The molecule has 3 heterocycles. The van der Waals surface area contributed by atoms with E-state index in [1.807, 2.05) is 27.7 Å². The van der Waals surface area contributed by atoms with E-state index in [2.05, 4.69) is 19.9 Å². The van der Waals surface area contributed by atoms with Crippen LogP contribution in [0.2, 0.25) is 0 Å². The number of benzene rings is 2. The molecule has 5 aromatic rings. The van der Waals surface area contributed by atoms with Gasteiger partial charge in [0.1, 0.15) is 5.88 Å². The van der Waals surface area contributed by atoms with Crippen LogP contribution in [-0.4, -0.2) is 56.9 Å². The predicted octanol–water partition coefficient (Wildman–Crippen LogP) is 5.86. The summed E-state index contributed by atoms with van der Waals surface area (Å²) in [6.07, 6.45) is 3.88. The van der Waals surface area contributed by atoms with Crippen LogP contribution in [0.5, 0.6) is 0 Å². The molecule has 0 fully saturated rings. The Morgan fingerprint density at radius 1 is 0.885 bits per heavy atom. The fraction of sp³-hybridized carbons (Fsp3) is 0.382. The second-order valence-corrected chi connectivity index (χ2v) is 15.0. The SMILES string of the molecule is CC(C)n1nccc1-c1cc2c(=O)n(CS(C)(=O)=O)c(=O)[nH]c2cc1C(C)(F)F.COC(=O)c1cc(-c2ccnn2C(C)C)c(C(C)(F)F)cc1N. The zero-order valence-electron chi connectivity index (χ0n) is 29.7. The van der Waals surface area contributed by atoms with E-state index in [0.29, 0.717) is 16.0 Å². The van der Waals surface area contributed by atoms with Crippen molar-refractivity contribution in [3.63, 3.8) is 0 Å². The number of sulfone groups is 1. The highest BCUT2D eigenvalue weighted by molar-refractivity contribution is 7.89. The highest BCUT2D eigenvalue weighted by Crippen LogP contribution is 2.40. The topological polar surface area (TPSA) is 177 Å². The van der Waals surface area contributed by atoms with Crippen molar-refractivity contribution in [3.05, 3.63) is 86.3 Å². The Bertz CT molecular complexity index is 2370. The van der Waals surface area contributed by atoms with Crippen molar-refractivity contribution in [1.29, 1.82) is 0 Å². The number of aromatic amines is 1. The quantitative estimate of drug-likeness (QED) is 0.106. The fourth-order valence-corrected chi connectivity index (χ4v) is 6.29. The lowest BCUT2D eigenvalue weighted by Gasteiger charge is -2.20. The molecule has 0 atom stereocenters. The number of anilines is 1. The number of hydrogen-bond acceptors (Lipinski definition) is 9. The molecule has 0 spiro atoms. The number of alkyl halides is 4. The number of ether oxygens (including phenoxy) is 1. The van der Waals surface area contributed by atoms with Gasteiger partial charge in [-0.2, -0.15) is 10.2 Å². The summed E-state index contributed by atoms with van der Waals surface area (Å²) < 4.78 is 88.3. The summed E-state index contributed by atoms with van der Waals surface area (Å²) in [5.41, 5.74) is 4.29. The summed E-state index contributed by atoms with van der Waals surface area (Å²) in [7, 11) is -2.47. The normalized spacial score (nSPS) is 12.3. The molecule has 0 aliphatic rings. The Kier molecular flexibility index (Phi) is 10.9. The number of hydrogen-bond donors (Lipinski definition) is 2. The van der Waals surface area contributed by atoms with E-state index in [1.165, 1.54) is 36.3 Å². The Balaban J connectivity index is 0.000000239. The summed E-state index contributed by atoms with van der Waals surface area (Å²) in [4.78, 5) is 39.1. The Labute approximate surface area is 295 Å². The van der Waals surface area contributed by atoms with Crippen molar-refractivity contribution >= 4 is 32.4 Å².